The lowest BCUT2D eigenvalue weighted by atomic mass is 10.2. The highest BCUT2D eigenvalue weighted by molar-refractivity contribution is 8.26. The van der Waals surface area contributed by atoms with Crippen molar-refractivity contribution in [1.82, 2.24) is 10.4 Å². The van der Waals surface area contributed by atoms with Crippen LogP contribution in [-0.4, -0.2) is 28.3 Å². The third-order valence-corrected chi connectivity index (χ3v) is 5.04. The average Bonchev–Trinajstić information content (AvgIpc) is 3.25. The van der Waals surface area contributed by atoms with E-state index in [2.05, 4.69) is 5.43 Å². The molecule has 3 rings (SSSR count). The van der Waals surface area contributed by atoms with Gasteiger partial charge in [0.25, 0.3) is 11.8 Å². The summed E-state index contributed by atoms with van der Waals surface area (Å²) in [7, 11) is 1.47. The molecule has 25 heavy (non-hydrogen) atoms. The third kappa shape index (κ3) is 3.31. The quantitative estimate of drug-likeness (QED) is 0.654. The molecule has 0 bridgehead atoms. The first-order valence-electron chi connectivity index (χ1n) is 7.28. The number of ether oxygens (including phenoxy) is 1. The van der Waals surface area contributed by atoms with E-state index < -0.39 is 11.8 Å². The van der Waals surface area contributed by atoms with Crippen LogP contribution in [0, 0.1) is 0 Å². The predicted octanol–water partition coefficient (Wildman–Crippen LogP) is 3.22. The average molecular weight is 374 g/mol. The zero-order chi connectivity index (χ0) is 18.0. The van der Waals surface area contributed by atoms with Gasteiger partial charge in [-0.05, 0) is 43.4 Å². The van der Waals surface area contributed by atoms with Crippen LogP contribution in [-0.2, 0) is 4.79 Å². The molecule has 1 aromatic heterocycles. The van der Waals surface area contributed by atoms with E-state index in [1.54, 1.807) is 43.3 Å². The second-order valence-electron chi connectivity index (χ2n) is 5.08. The number of hydrogen-bond donors (Lipinski definition) is 1. The van der Waals surface area contributed by atoms with Crippen molar-refractivity contribution in [2.75, 3.05) is 7.11 Å². The lowest BCUT2D eigenvalue weighted by Crippen LogP contribution is -2.45. The largest absolute Gasteiger partial charge is 0.496 e. The number of nitrogens with one attached hydrogen (secondary N) is 1. The molecule has 0 atom stereocenters. The third-order valence-electron chi connectivity index (χ3n) is 3.57. The van der Waals surface area contributed by atoms with Crippen LogP contribution in [0.25, 0.3) is 5.57 Å². The molecule has 1 aliphatic rings. The zero-order valence-corrected chi connectivity index (χ0v) is 15.1. The van der Waals surface area contributed by atoms with Gasteiger partial charge in [0, 0.05) is 5.57 Å². The number of hydrogen-bond acceptors (Lipinski definition) is 6. The number of benzene rings is 1. The molecule has 2 amide bonds. The fraction of sp³-hybridized carbons (Fsp3) is 0.118. The van der Waals surface area contributed by atoms with Gasteiger partial charge in [0.05, 0.1) is 23.8 Å². The van der Waals surface area contributed by atoms with Crippen LogP contribution in [0.15, 0.2) is 52.0 Å². The van der Waals surface area contributed by atoms with Gasteiger partial charge >= 0.3 is 0 Å². The Morgan fingerprint density at radius 1 is 1.28 bits per heavy atom. The first-order chi connectivity index (χ1) is 12.0. The summed E-state index contributed by atoms with van der Waals surface area (Å²) in [5, 5.41) is 1.07. The molecule has 0 spiro atoms. The molecule has 1 N–H and O–H groups in total. The summed E-state index contributed by atoms with van der Waals surface area (Å²) in [5.41, 5.74) is 3.51. The molecular formula is C17H14N2O4S2. The van der Waals surface area contributed by atoms with Gasteiger partial charge in [-0.3, -0.25) is 15.0 Å². The van der Waals surface area contributed by atoms with Crippen molar-refractivity contribution < 1.29 is 18.7 Å². The maximum absolute atomic E-state index is 12.6. The number of furan rings is 1. The second-order valence-corrected chi connectivity index (χ2v) is 6.73. The van der Waals surface area contributed by atoms with E-state index in [4.69, 9.17) is 21.4 Å². The Morgan fingerprint density at radius 2 is 2.04 bits per heavy atom. The molecule has 6 nitrogen and oxygen atoms in total. The first kappa shape index (κ1) is 17.2. The smallest absolute Gasteiger partial charge is 0.285 e. The normalized spacial score (nSPS) is 16.2. The minimum atomic E-state index is -0.481. The molecule has 1 fully saturated rings. The van der Waals surface area contributed by atoms with E-state index in [0.29, 0.717) is 27.6 Å². The van der Waals surface area contributed by atoms with Crippen LogP contribution in [0.5, 0.6) is 5.75 Å². The van der Waals surface area contributed by atoms with E-state index in [9.17, 15) is 9.59 Å². The molecule has 1 aromatic carbocycles. The molecule has 128 valence electrons. The van der Waals surface area contributed by atoms with Crippen LogP contribution >= 0.6 is 24.0 Å². The minimum Gasteiger partial charge on any atom is -0.496 e. The molecular weight excluding hydrogens is 360 g/mol. The van der Waals surface area contributed by atoms with Crippen molar-refractivity contribution in [3.63, 3.8) is 0 Å². The monoisotopic (exact) mass is 374 g/mol. The minimum absolute atomic E-state index is 0.245. The summed E-state index contributed by atoms with van der Waals surface area (Å²) in [6.45, 7) is 1.77. The highest BCUT2D eigenvalue weighted by atomic mass is 32.2. The molecule has 0 aliphatic carbocycles. The second kappa shape index (κ2) is 7.12. The van der Waals surface area contributed by atoms with Crippen LogP contribution in [0.3, 0.4) is 0 Å². The molecule has 2 heterocycles. The van der Waals surface area contributed by atoms with E-state index in [1.807, 2.05) is 0 Å². The number of hydrazine groups is 1. The van der Waals surface area contributed by atoms with Gasteiger partial charge in [0.15, 0.2) is 4.32 Å². The number of allylic oxidation sites excluding steroid dienone is 1. The number of amides is 2. The topological polar surface area (TPSA) is 71.8 Å². The Kier molecular flexibility index (Phi) is 4.91. The molecule has 0 saturated carbocycles. The van der Waals surface area contributed by atoms with E-state index in [0.717, 1.165) is 16.8 Å². The number of para-hydroxylation sites is 1. The van der Waals surface area contributed by atoms with Crippen LogP contribution in [0.2, 0.25) is 0 Å². The number of carbonyl (C=O) groups is 2. The van der Waals surface area contributed by atoms with Gasteiger partial charge in [-0.15, -0.1) is 0 Å². The summed E-state index contributed by atoms with van der Waals surface area (Å²) in [4.78, 5) is 25.6. The highest BCUT2D eigenvalue weighted by Crippen LogP contribution is 2.36. The van der Waals surface area contributed by atoms with Gasteiger partial charge in [-0.2, -0.15) is 5.01 Å². The van der Waals surface area contributed by atoms with Gasteiger partial charge in [-0.25, -0.2) is 0 Å². The number of rotatable bonds is 4. The first-order valence-corrected chi connectivity index (χ1v) is 8.50. The Balaban J connectivity index is 1.84. The van der Waals surface area contributed by atoms with Crippen LogP contribution in [0.1, 0.15) is 23.0 Å². The maximum atomic E-state index is 12.6. The Bertz CT molecular complexity index is 875. The summed E-state index contributed by atoms with van der Waals surface area (Å²) >= 11 is 6.35. The maximum Gasteiger partial charge on any atom is 0.285 e. The molecule has 0 radical (unpaired) electrons. The molecule has 0 unspecified atom stereocenters. The predicted molar refractivity (Wildman–Crippen MR) is 98.8 cm³/mol. The summed E-state index contributed by atoms with van der Waals surface area (Å²) in [5.74, 6) is 0.113. The number of carbonyl (C=O) groups excluding carboxylic acids is 2. The Morgan fingerprint density at radius 3 is 2.72 bits per heavy atom. The standard InChI is InChI=1S/C17H14N2O4S2/c1-10(12-8-5-9-23-12)14-16(21)19(17(24)25-14)18-15(20)11-6-3-4-7-13(11)22-2/h3-9H,1-2H3,(H,18,20). The van der Waals surface area contributed by atoms with Crippen LogP contribution < -0.4 is 10.2 Å². The Hall–Kier alpha value is -2.58. The summed E-state index contributed by atoms with van der Waals surface area (Å²) < 4.78 is 10.7. The van der Waals surface area contributed by atoms with Crippen molar-refractivity contribution in [2.45, 2.75) is 6.92 Å². The van der Waals surface area contributed by atoms with Gasteiger partial charge in [0.1, 0.15) is 11.5 Å². The van der Waals surface area contributed by atoms with E-state index in [-0.39, 0.29) is 4.32 Å². The summed E-state index contributed by atoms with van der Waals surface area (Å²) in [6, 6.07) is 10.2. The molecule has 1 aliphatic heterocycles. The summed E-state index contributed by atoms with van der Waals surface area (Å²) in [6.07, 6.45) is 1.53. The van der Waals surface area contributed by atoms with Crippen molar-refractivity contribution in [2.24, 2.45) is 0 Å². The lowest BCUT2D eigenvalue weighted by Gasteiger charge is -2.16. The van der Waals surface area contributed by atoms with Crippen molar-refractivity contribution in [1.29, 1.82) is 0 Å². The van der Waals surface area contributed by atoms with E-state index >= 15 is 0 Å². The molecule has 1 saturated heterocycles. The molecule has 2 aromatic rings. The number of methoxy groups -OCH3 is 1. The zero-order valence-electron chi connectivity index (χ0n) is 13.4. The fourth-order valence-electron chi connectivity index (χ4n) is 2.29. The molecule has 8 heteroatoms. The van der Waals surface area contributed by atoms with Gasteiger partial charge in [0.2, 0.25) is 0 Å². The number of nitrogens with zero attached hydrogens (tertiary/aromatic N) is 1. The number of thiocarbonyl (C=S) groups is 1. The van der Waals surface area contributed by atoms with Crippen molar-refractivity contribution in [3.8, 4) is 5.75 Å². The van der Waals surface area contributed by atoms with E-state index in [1.165, 1.54) is 13.4 Å². The SMILES string of the molecule is COc1ccccc1C(=O)NN1C(=O)C(=C(C)c2ccco2)SC1=S. The lowest BCUT2D eigenvalue weighted by molar-refractivity contribution is -0.123. The highest BCUT2D eigenvalue weighted by Gasteiger charge is 2.36. The van der Waals surface area contributed by atoms with Crippen molar-refractivity contribution in [3.05, 3.63) is 58.9 Å². The fourth-order valence-corrected chi connectivity index (χ4v) is 3.50. The Labute approximate surface area is 153 Å². The van der Waals surface area contributed by atoms with Crippen molar-refractivity contribution >= 4 is 45.7 Å². The van der Waals surface area contributed by atoms with Gasteiger partial charge in [-0.1, -0.05) is 23.9 Å². The van der Waals surface area contributed by atoms with Gasteiger partial charge < -0.3 is 9.15 Å². The van der Waals surface area contributed by atoms with Crippen LogP contribution in [0.4, 0.5) is 0 Å². The number of thioether (sulfide) groups is 1.